The summed E-state index contributed by atoms with van der Waals surface area (Å²) < 4.78 is 0. The average molecular weight is 479 g/mol. The maximum Gasteiger partial charge on any atom is 0.0927 e. The van der Waals surface area contributed by atoms with Crippen LogP contribution in [0.15, 0.2) is 86.1 Å². The first-order valence-electron chi connectivity index (χ1n) is 13.4. The lowest BCUT2D eigenvalue weighted by molar-refractivity contribution is 0.697. The largest absolute Gasteiger partial charge is 0.355 e. The number of aromatic nitrogens is 1. The van der Waals surface area contributed by atoms with E-state index in [4.69, 9.17) is 15.0 Å². The van der Waals surface area contributed by atoms with Gasteiger partial charge in [0.25, 0.3) is 0 Å². The zero-order valence-electron chi connectivity index (χ0n) is 22.8. The predicted molar refractivity (Wildman–Crippen MR) is 154 cm³/mol. The topological polar surface area (TPSA) is 52.9 Å². The molecule has 1 aromatic heterocycles. The van der Waals surface area contributed by atoms with Crippen LogP contribution >= 0.6 is 0 Å². The lowest BCUT2D eigenvalue weighted by Crippen LogP contribution is -2.23. The Balaban J connectivity index is 1.89. The first kappa shape index (κ1) is 24.4. The first-order valence-corrected chi connectivity index (χ1v) is 13.4. The van der Waals surface area contributed by atoms with Gasteiger partial charge in [-0.25, -0.2) is 9.98 Å². The molecule has 0 amide bonds. The highest BCUT2D eigenvalue weighted by Crippen LogP contribution is 2.33. The van der Waals surface area contributed by atoms with Crippen molar-refractivity contribution in [3.63, 3.8) is 0 Å². The number of allylic oxidation sites excluding steroid dienone is 6. The molecule has 186 valence electrons. The van der Waals surface area contributed by atoms with Gasteiger partial charge in [-0.2, -0.15) is 0 Å². The van der Waals surface area contributed by atoms with Crippen LogP contribution in [-0.4, -0.2) is 28.2 Å². The molecule has 5 rings (SSSR count). The Kier molecular flexibility index (Phi) is 6.32. The van der Waals surface area contributed by atoms with E-state index in [-0.39, 0.29) is 6.04 Å². The minimum absolute atomic E-state index is 0.00350. The van der Waals surface area contributed by atoms with Gasteiger partial charge in [0.15, 0.2) is 0 Å². The summed E-state index contributed by atoms with van der Waals surface area (Å²) in [6.45, 7) is 17.9. The van der Waals surface area contributed by atoms with Gasteiger partial charge in [-0.05, 0) is 71.8 Å². The third-order valence-corrected chi connectivity index (χ3v) is 7.33. The van der Waals surface area contributed by atoms with E-state index in [1.54, 1.807) is 0 Å². The van der Waals surface area contributed by atoms with Crippen molar-refractivity contribution >= 4 is 28.3 Å². The molecule has 0 radical (unpaired) electrons. The minimum atomic E-state index is -0.00350. The maximum atomic E-state index is 5.24. The van der Waals surface area contributed by atoms with Gasteiger partial charge in [-0.3, -0.25) is 4.99 Å². The van der Waals surface area contributed by atoms with E-state index >= 15 is 0 Å². The van der Waals surface area contributed by atoms with Crippen LogP contribution in [0, 0.1) is 23.7 Å². The Labute approximate surface area is 215 Å². The second-order valence-electron chi connectivity index (χ2n) is 11.4. The summed E-state index contributed by atoms with van der Waals surface area (Å²) in [5.41, 5.74) is 10.1. The molecule has 1 aromatic rings. The van der Waals surface area contributed by atoms with Crippen molar-refractivity contribution in [2.24, 2.45) is 38.6 Å². The van der Waals surface area contributed by atoms with Crippen molar-refractivity contribution in [3.8, 4) is 0 Å². The van der Waals surface area contributed by atoms with Crippen LogP contribution in [0.4, 0.5) is 0 Å². The van der Waals surface area contributed by atoms with Crippen LogP contribution in [0.2, 0.25) is 0 Å². The molecule has 0 aliphatic carbocycles. The monoisotopic (exact) mass is 478 g/mol. The lowest BCUT2D eigenvalue weighted by Gasteiger charge is -2.18. The summed E-state index contributed by atoms with van der Waals surface area (Å²) in [5, 5.41) is 2.25. The summed E-state index contributed by atoms with van der Waals surface area (Å²) in [5.74, 6) is 1.29. The Morgan fingerprint density at radius 2 is 1.11 bits per heavy atom. The van der Waals surface area contributed by atoms with Crippen molar-refractivity contribution in [2.45, 2.75) is 61.4 Å². The Hall–Kier alpha value is -3.27. The maximum absolute atomic E-state index is 5.24. The zero-order valence-corrected chi connectivity index (χ0v) is 22.8. The molecule has 0 aromatic carbocycles. The fourth-order valence-electron chi connectivity index (χ4n) is 5.80. The molecule has 4 aliphatic heterocycles. The van der Waals surface area contributed by atoms with E-state index in [0.29, 0.717) is 23.7 Å². The molecule has 1 N–H and O–H groups in total. The zero-order chi connectivity index (χ0) is 25.7. The van der Waals surface area contributed by atoms with Crippen LogP contribution in [-0.2, 0) is 0 Å². The Morgan fingerprint density at radius 3 is 1.64 bits per heavy atom. The summed E-state index contributed by atoms with van der Waals surface area (Å²) in [6, 6.07) is 4.41. The van der Waals surface area contributed by atoms with Gasteiger partial charge in [0.05, 0.1) is 34.6 Å². The second kappa shape index (κ2) is 9.31. The van der Waals surface area contributed by atoms with Crippen LogP contribution < -0.4 is 10.7 Å². The second-order valence-corrected chi connectivity index (χ2v) is 11.4. The van der Waals surface area contributed by atoms with Crippen LogP contribution in [0.3, 0.4) is 0 Å². The predicted octanol–water partition coefficient (Wildman–Crippen LogP) is 5.86. The molecule has 1 unspecified atom stereocenters. The van der Waals surface area contributed by atoms with Crippen LogP contribution in [0.25, 0.3) is 11.1 Å². The molecule has 36 heavy (non-hydrogen) atoms. The van der Waals surface area contributed by atoms with Crippen molar-refractivity contribution in [2.75, 3.05) is 0 Å². The minimum Gasteiger partial charge on any atom is -0.355 e. The van der Waals surface area contributed by atoms with Crippen LogP contribution in [0.1, 0.15) is 55.4 Å². The molecule has 0 saturated carbocycles. The van der Waals surface area contributed by atoms with Gasteiger partial charge in [0.1, 0.15) is 0 Å². The number of nitrogens with zero attached hydrogens (tertiary/aromatic N) is 3. The molecule has 4 nitrogen and oxygen atoms in total. The summed E-state index contributed by atoms with van der Waals surface area (Å²) in [7, 11) is 0. The number of H-pyrrole nitrogens is 1. The molecule has 0 fully saturated rings. The molecular weight excluding hydrogens is 440 g/mol. The molecule has 4 heteroatoms. The van der Waals surface area contributed by atoms with E-state index in [1.807, 2.05) is 0 Å². The third-order valence-electron chi connectivity index (χ3n) is 7.33. The number of fused-ring (bicyclic) bond motifs is 5. The highest BCUT2D eigenvalue weighted by molar-refractivity contribution is 6.27. The van der Waals surface area contributed by atoms with Gasteiger partial charge in [-0.1, -0.05) is 61.5 Å². The van der Waals surface area contributed by atoms with Crippen molar-refractivity contribution < 1.29 is 0 Å². The number of nitrogens with one attached hydrogen (secondary N) is 1. The molecule has 4 aliphatic rings. The number of hydrogen-bond donors (Lipinski definition) is 1. The summed E-state index contributed by atoms with van der Waals surface area (Å²) in [6.07, 6.45) is 13.1. The standard InChI is InChI=1S/C32H38N4/c1-17(2)29-21-9-11-23(33-21)30(18(3)4)25-13-15-27(35-25)32(20(7)8)28-16-14-26(36-28)31(19(5)6)24-12-10-22(29)34-24/h9-21,36H,1-8H3/b29-22-,30-25-,31-26-,32-28-. The quantitative estimate of drug-likeness (QED) is 0.563. The van der Waals surface area contributed by atoms with Crippen molar-refractivity contribution in [3.05, 3.63) is 81.8 Å². The SMILES string of the molecule is CC(C)/C1=C2\C=CC(=N2)/C(C(C)C)=c2/cc/c([nH]2)=C(\C(C)C)C2=N/C(=C(/C(C)C)C3C=CC1=N3)C=C2. The fraction of sp³-hybridized carbons (Fsp3) is 0.406. The molecular formula is C32H38N4. The van der Waals surface area contributed by atoms with E-state index in [2.05, 4.69) is 109 Å². The Bertz CT molecular complexity index is 1470. The highest BCUT2D eigenvalue weighted by Gasteiger charge is 2.28. The fourth-order valence-corrected chi connectivity index (χ4v) is 5.80. The molecule has 0 spiro atoms. The normalized spacial score (nSPS) is 28.3. The number of hydrogen-bond acceptors (Lipinski definition) is 3. The van der Waals surface area contributed by atoms with Crippen molar-refractivity contribution in [1.82, 2.24) is 4.98 Å². The van der Waals surface area contributed by atoms with E-state index in [9.17, 15) is 0 Å². The lowest BCUT2D eigenvalue weighted by atomic mass is 9.94. The van der Waals surface area contributed by atoms with E-state index in [0.717, 1.165) is 39.2 Å². The highest BCUT2D eigenvalue weighted by atomic mass is 14.9. The average Bonchev–Trinajstić information content (AvgIpc) is 3.57. The summed E-state index contributed by atoms with van der Waals surface area (Å²) in [4.78, 5) is 19.4. The van der Waals surface area contributed by atoms with E-state index < -0.39 is 0 Å². The van der Waals surface area contributed by atoms with Gasteiger partial charge < -0.3 is 4.98 Å². The first-order chi connectivity index (χ1) is 17.2. The number of aromatic amines is 1. The van der Waals surface area contributed by atoms with Crippen LogP contribution in [0.5, 0.6) is 0 Å². The van der Waals surface area contributed by atoms with Gasteiger partial charge in [0.2, 0.25) is 0 Å². The molecule has 1 atom stereocenters. The third kappa shape index (κ3) is 4.17. The Morgan fingerprint density at radius 1 is 0.583 bits per heavy atom. The number of rotatable bonds is 4. The molecule has 5 heterocycles. The number of aliphatic imine (C=N–C) groups is 3. The van der Waals surface area contributed by atoms with Gasteiger partial charge in [-0.15, -0.1) is 0 Å². The van der Waals surface area contributed by atoms with Crippen molar-refractivity contribution in [1.29, 1.82) is 0 Å². The smallest absolute Gasteiger partial charge is 0.0927 e. The van der Waals surface area contributed by atoms with Gasteiger partial charge in [0, 0.05) is 27.4 Å². The molecule has 0 saturated heterocycles. The van der Waals surface area contributed by atoms with E-state index in [1.165, 1.54) is 22.3 Å². The summed E-state index contributed by atoms with van der Waals surface area (Å²) >= 11 is 0. The molecule has 8 bridgehead atoms. The van der Waals surface area contributed by atoms with Gasteiger partial charge >= 0.3 is 0 Å².